The monoisotopic (exact) mass is 334 g/mol. The summed E-state index contributed by atoms with van der Waals surface area (Å²) in [4.78, 5) is 23.7. The van der Waals surface area contributed by atoms with Crippen molar-refractivity contribution < 1.29 is 14.7 Å². The van der Waals surface area contributed by atoms with Crippen molar-refractivity contribution in [2.45, 2.75) is 59.4 Å². The summed E-state index contributed by atoms with van der Waals surface area (Å²) in [5.74, 6) is -0.849. The first-order valence-electron chi connectivity index (χ1n) is 8.73. The molecule has 1 amide bonds. The lowest BCUT2D eigenvalue weighted by molar-refractivity contribution is -0.149. The van der Waals surface area contributed by atoms with E-state index in [9.17, 15) is 14.7 Å². The van der Waals surface area contributed by atoms with E-state index >= 15 is 0 Å². The van der Waals surface area contributed by atoms with Gasteiger partial charge in [0.05, 0.1) is 5.41 Å². The molecule has 0 heterocycles. The highest BCUT2D eigenvalue weighted by Gasteiger charge is 2.34. The van der Waals surface area contributed by atoms with Crippen LogP contribution in [0.2, 0.25) is 0 Å². The Kier molecular flexibility index (Phi) is 7.92. The van der Waals surface area contributed by atoms with Crippen LogP contribution in [0.15, 0.2) is 24.3 Å². The molecule has 0 bridgehead atoms. The zero-order valence-corrected chi connectivity index (χ0v) is 15.2. The number of carbonyl (C=O) groups excluding carboxylic acids is 1. The fourth-order valence-corrected chi connectivity index (χ4v) is 2.75. The molecule has 0 saturated heterocycles. The molecule has 0 aromatic heterocycles. The lowest BCUT2D eigenvalue weighted by Gasteiger charge is -2.28. The highest BCUT2D eigenvalue weighted by atomic mass is 16.4. The van der Waals surface area contributed by atoms with Crippen molar-refractivity contribution in [1.82, 2.24) is 5.32 Å². The minimum atomic E-state index is -0.784. The van der Waals surface area contributed by atoms with E-state index in [2.05, 4.69) is 17.6 Å². The summed E-state index contributed by atoms with van der Waals surface area (Å²) in [5, 5.41) is 15.6. The van der Waals surface area contributed by atoms with Crippen LogP contribution in [0.5, 0.6) is 0 Å². The molecule has 0 aliphatic heterocycles. The van der Waals surface area contributed by atoms with Crippen molar-refractivity contribution in [3.05, 3.63) is 29.8 Å². The van der Waals surface area contributed by atoms with Gasteiger partial charge in [0.2, 0.25) is 5.91 Å². The second-order valence-corrected chi connectivity index (χ2v) is 6.34. The standard InChI is InChI=1S/C19H30N2O3/c1-5-15-10-8-9-11-16(15)21-17(22)12-14(4)20-13-19(6-2,7-3)18(23)24/h8-11,14,20H,5-7,12-13H2,1-4H3,(H,21,22)(H,23,24). The van der Waals surface area contributed by atoms with Gasteiger partial charge in [-0.1, -0.05) is 39.0 Å². The highest BCUT2D eigenvalue weighted by Crippen LogP contribution is 2.26. The molecule has 0 spiro atoms. The summed E-state index contributed by atoms with van der Waals surface area (Å²) in [6.45, 7) is 8.10. The van der Waals surface area contributed by atoms with E-state index in [1.807, 2.05) is 45.0 Å². The van der Waals surface area contributed by atoms with Gasteiger partial charge in [0.25, 0.3) is 0 Å². The van der Waals surface area contributed by atoms with Crippen molar-refractivity contribution in [3.8, 4) is 0 Å². The first-order valence-corrected chi connectivity index (χ1v) is 8.73. The highest BCUT2D eigenvalue weighted by molar-refractivity contribution is 5.91. The van der Waals surface area contributed by atoms with Crippen molar-refractivity contribution in [2.75, 3.05) is 11.9 Å². The predicted molar refractivity (Wildman–Crippen MR) is 97.2 cm³/mol. The van der Waals surface area contributed by atoms with E-state index in [0.29, 0.717) is 25.8 Å². The van der Waals surface area contributed by atoms with Gasteiger partial charge in [0, 0.05) is 24.7 Å². The first-order chi connectivity index (χ1) is 11.4. The summed E-state index contributed by atoms with van der Waals surface area (Å²) in [6.07, 6.45) is 2.29. The number of hydrogen-bond donors (Lipinski definition) is 3. The van der Waals surface area contributed by atoms with Crippen LogP contribution in [0.1, 0.15) is 52.5 Å². The third kappa shape index (κ3) is 5.34. The Morgan fingerprint density at radius 3 is 2.33 bits per heavy atom. The first kappa shape index (κ1) is 20.2. The molecule has 0 aliphatic rings. The fourth-order valence-electron chi connectivity index (χ4n) is 2.75. The smallest absolute Gasteiger partial charge is 0.310 e. The third-order valence-electron chi connectivity index (χ3n) is 4.76. The number of hydrogen-bond acceptors (Lipinski definition) is 3. The topological polar surface area (TPSA) is 78.4 Å². The second kappa shape index (κ2) is 9.42. The minimum Gasteiger partial charge on any atom is -0.481 e. The number of carboxylic acids is 1. The molecule has 0 aliphatic carbocycles. The molecule has 134 valence electrons. The molecule has 5 heteroatoms. The Balaban J connectivity index is 2.57. The maximum Gasteiger partial charge on any atom is 0.310 e. The number of nitrogens with one attached hydrogen (secondary N) is 2. The van der Waals surface area contributed by atoms with Crippen LogP contribution in [0.3, 0.4) is 0 Å². The number of carboxylic acid groups (broad SMARTS) is 1. The molecule has 24 heavy (non-hydrogen) atoms. The van der Waals surface area contributed by atoms with Gasteiger partial charge in [0.1, 0.15) is 0 Å². The number of benzene rings is 1. The number of rotatable bonds is 10. The molecule has 1 rings (SSSR count). The van der Waals surface area contributed by atoms with Crippen LogP contribution >= 0.6 is 0 Å². The number of aliphatic carboxylic acids is 1. The minimum absolute atomic E-state index is 0.0650. The Morgan fingerprint density at radius 2 is 1.79 bits per heavy atom. The fraction of sp³-hybridized carbons (Fsp3) is 0.579. The van der Waals surface area contributed by atoms with E-state index < -0.39 is 11.4 Å². The van der Waals surface area contributed by atoms with Crippen LogP contribution in [0, 0.1) is 5.41 Å². The third-order valence-corrected chi connectivity index (χ3v) is 4.76. The maximum atomic E-state index is 12.2. The van der Waals surface area contributed by atoms with Gasteiger partial charge >= 0.3 is 5.97 Å². The number of para-hydroxylation sites is 1. The van der Waals surface area contributed by atoms with Gasteiger partial charge < -0.3 is 15.7 Å². The summed E-state index contributed by atoms with van der Waals surface area (Å²) in [6, 6.07) is 7.68. The summed E-state index contributed by atoms with van der Waals surface area (Å²) >= 11 is 0. The molecule has 1 unspecified atom stereocenters. The number of carbonyl (C=O) groups is 2. The molecule has 0 saturated carbocycles. The van der Waals surface area contributed by atoms with E-state index in [4.69, 9.17) is 0 Å². The molecular formula is C19H30N2O3. The Hall–Kier alpha value is -1.88. The lowest BCUT2D eigenvalue weighted by Crippen LogP contribution is -2.44. The van der Waals surface area contributed by atoms with Gasteiger partial charge in [-0.25, -0.2) is 0 Å². The van der Waals surface area contributed by atoms with E-state index in [1.54, 1.807) is 0 Å². The average Bonchev–Trinajstić information content (AvgIpc) is 2.56. The summed E-state index contributed by atoms with van der Waals surface area (Å²) in [7, 11) is 0. The number of anilines is 1. The van der Waals surface area contributed by atoms with Crippen LogP contribution in [0.25, 0.3) is 0 Å². The molecule has 1 atom stereocenters. The van der Waals surface area contributed by atoms with Crippen LogP contribution < -0.4 is 10.6 Å². The summed E-state index contributed by atoms with van der Waals surface area (Å²) in [5.41, 5.74) is 1.19. The zero-order valence-electron chi connectivity index (χ0n) is 15.2. The van der Waals surface area contributed by atoms with Gasteiger partial charge in [-0.2, -0.15) is 0 Å². The van der Waals surface area contributed by atoms with Gasteiger partial charge in [-0.3, -0.25) is 9.59 Å². The number of aryl methyl sites for hydroxylation is 1. The maximum absolute atomic E-state index is 12.2. The molecule has 3 N–H and O–H groups in total. The normalized spacial score (nSPS) is 12.7. The van der Waals surface area contributed by atoms with Crippen molar-refractivity contribution in [3.63, 3.8) is 0 Å². The van der Waals surface area contributed by atoms with Crippen LogP contribution in [-0.4, -0.2) is 29.6 Å². The molecule has 1 aromatic rings. The number of amides is 1. The lowest BCUT2D eigenvalue weighted by atomic mass is 9.82. The second-order valence-electron chi connectivity index (χ2n) is 6.34. The molecule has 0 fully saturated rings. The predicted octanol–water partition coefficient (Wildman–Crippen LogP) is 3.45. The van der Waals surface area contributed by atoms with Crippen molar-refractivity contribution in [2.24, 2.45) is 5.41 Å². The molecular weight excluding hydrogens is 304 g/mol. The molecule has 0 radical (unpaired) electrons. The van der Waals surface area contributed by atoms with Gasteiger partial charge in [0.15, 0.2) is 0 Å². The SMILES string of the molecule is CCc1ccccc1NC(=O)CC(C)NCC(CC)(CC)C(=O)O. The van der Waals surface area contributed by atoms with Crippen molar-refractivity contribution in [1.29, 1.82) is 0 Å². The van der Waals surface area contributed by atoms with E-state index in [0.717, 1.165) is 17.7 Å². The van der Waals surface area contributed by atoms with Gasteiger partial charge in [-0.15, -0.1) is 0 Å². The molecule has 1 aromatic carbocycles. The Bertz CT molecular complexity index is 553. The van der Waals surface area contributed by atoms with Gasteiger partial charge in [-0.05, 0) is 37.8 Å². The van der Waals surface area contributed by atoms with Crippen LogP contribution in [0.4, 0.5) is 5.69 Å². The van der Waals surface area contributed by atoms with E-state index in [-0.39, 0.29) is 11.9 Å². The van der Waals surface area contributed by atoms with E-state index in [1.165, 1.54) is 0 Å². The summed E-state index contributed by atoms with van der Waals surface area (Å²) < 4.78 is 0. The largest absolute Gasteiger partial charge is 0.481 e. The Labute approximate surface area is 144 Å². The zero-order chi connectivity index (χ0) is 18.2. The quantitative estimate of drug-likeness (QED) is 0.612. The molecule has 5 nitrogen and oxygen atoms in total. The Morgan fingerprint density at radius 1 is 1.17 bits per heavy atom. The van der Waals surface area contributed by atoms with Crippen LogP contribution in [-0.2, 0) is 16.0 Å². The van der Waals surface area contributed by atoms with Crippen molar-refractivity contribution >= 4 is 17.6 Å². The average molecular weight is 334 g/mol.